The number of anilines is 1. The number of hydrogen-bond acceptors (Lipinski definition) is 5. The molecule has 1 aromatic heterocycles. The Kier molecular flexibility index (Phi) is 2.92. The first kappa shape index (κ1) is 11.9. The summed E-state index contributed by atoms with van der Waals surface area (Å²) >= 11 is 0. The molecule has 5 heteroatoms. The van der Waals surface area contributed by atoms with Gasteiger partial charge in [-0.25, -0.2) is 0 Å². The van der Waals surface area contributed by atoms with Gasteiger partial charge in [0.1, 0.15) is 0 Å². The van der Waals surface area contributed by atoms with Crippen molar-refractivity contribution >= 4 is 5.69 Å². The van der Waals surface area contributed by atoms with Gasteiger partial charge >= 0.3 is 0 Å². The van der Waals surface area contributed by atoms with Crippen LogP contribution < -0.4 is 5.32 Å². The molecule has 3 heterocycles. The summed E-state index contributed by atoms with van der Waals surface area (Å²) in [5, 5.41) is 7.49. The van der Waals surface area contributed by atoms with Crippen LogP contribution in [0.15, 0.2) is 22.7 Å². The van der Waals surface area contributed by atoms with E-state index in [-0.39, 0.29) is 5.92 Å². The molecule has 1 aromatic carbocycles. The van der Waals surface area contributed by atoms with Gasteiger partial charge in [-0.1, -0.05) is 11.2 Å². The molecule has 1 atom stereocenters. The van der Waals surface area contributed by atoms with Crippen LogP contribution >= 0.6 is 0 Å². The first-order chi connectivity index (χ1) is 9.90. The van der Waals surface area contributed by atoms with E-state index in [0.29, 0.717) is 12.5 Å². The second-order valence-electron chi connectivity index (χ2n) is 5.42. The second-order valence-corrected chi connectivity index (χ2v) is 5.42. The summed E-state index contributed by atoms with van der Waals surface area (Å²) in [5.41, 5.74) is 3.52. The lowest BCUT2D eigenvalue weighted by atomic mass is 10.0. The van der Waals surface area contributed by atoms with Gasteiger partial charge in [-0.05, 0) is 37.0 Å². The number of nitrogens with one attached hydrogen (secondary N) is 1. The molecule has 1 fully saturated rings. The third-order valence-corrected chi connectivity index (χ3v) is 4.03. The van der Waals surface area contributed by atoms with Crippen LogP contribution in [0.5, 0.6) is 0 Å². The van der Waals surface area contributed by atoms with Gasteiger partial charge in [0, 0.05) is 30.3 Å². The van der Waals surface area contributed by atoms with E-state index in [1.165, 1.54) is 11.3 Å². The Labute approximate surface area is 117 Å². The van der Waals surface area contributed by atoms with Crippen molar-refractivity contribution in [3.05, 3.63) is 29.6 Å². The van der Waals surface area contributed by atoms with Crippen LogP contribution in [0.2, 0.25) is 0 Å². The number of aromatic nitrogens is 2. The van der Waals surface area contributed by atoms with Crippen LogP contribution in [0.3, 0.4) is 0 Å². The molecule has 0 aliphatic carbocycles. The SMILES string of the molecule is c1cc2c(cc1-c1nc(C3CCCOC3)no1)NCC2. The molecule has 0 bridgehead atoms. The zero-order valence-corrected chi connectivity index (χ0v) is 11.3. The quantitative estimate of drug-likeness (QED) is 0.909. The molecule has 2 aliphatic rings. The summed E-state index contributed by atoms with van der Waals surface area (Å²) in [6.45, 7) is 2.55. The maximum Gasteiger partial charge on any atom is 0.258 e. The van der Waals surface area contributed by atoms with Crippen molar-refractivity contribution in [1.82, 2.24) is 10.1 Å². The third kappa shape index (κ3) is 2.08. The van der Waals surface area contributed by atoms with Crippen molar-refractivity contribution in [3.63, 3.8) is 0 Å². The minimum Gasteiger partial charge on any atom is -0.384 e. The number of benzene rings is 1. The van der Waals surface area contributed by atoms with Crippen molar-refractivity contribution in [1.29, 1.82) is 0 Å². The van der Waals surface area contributed by atoms with E-state index in [9.17, 15) is 0 Å². The summed E-state index contributed by atoms with van der Waals surface area (Å²) < 4.78 is 10.9. The molecule has 4 rings (SSSR count). The highest BCUT2D eigenvalue weighted by atomic mass is 16.5. The molecule has 5 nitrogen and oxygen atoms in total. The topological polar surface area (TPSA) is 60.2 Å². The van der Waals surface area contributed by atoms with Gasteiger partial charge in [0.05, 0.1) is 6.61 Å². The number of rotatable bonds is 2. The van der Waals surface area contributed by atoms with Gasteiger partial charge < -0.3 is 14.6 Å². The molecule has 1 unspecified atom stereocenters. The molecule has 0 radical (unpaired) electrons. The Balaban J connectivity index is 1.61. The molecule has 20 heavy (non-hydrogen) atoms. The standard InChI is InChI=1S/C15H17N3O2/c1-2-12(9-19-7-1)14-17-15(20-18-14)11-4-3-10-5-6-16-13(10)8-11/h3-4,8,12,16H,1-2,5-7,9H2. The normalized spacial score (nSPS) is 21.5. The first-order valence-corrected chi connectivity index (χ1v) is 7.19. The van der Waals surface area contributed by atoms with Crippen LogP contribution in [-0.2, 0) is 11.2 Å². The average Bonchev–Trinajstić information content (AvgIpc) is 3.16. The third-order valence-electron chi connectivity index (χ3n) is 4.03. The number of hydrogen-bond donors (Lipinski definition) is 1. The Bertz CT molecular complexity index is 617. The highest BCUT2D eigenvalue weighted by Gasteiger charge is 2.22. The number of ether oxygens (including phenoxy) is 1. The summed E-state index contributed by atoms with van der Waals surface area (Å²) in [6.07, 6.45) is 3.23. The maximum absolute atomic E-state index is 5.48. The van der Waals surface area contributed by atoms with Crippen LogP contribution in [0.25, 0.3) is 11.5 Å². The largest absolute Gasteiger partial charge is 0.384 e. The van der Waals surface area contributed by atoms with Crippen molar-refractivity contribution in [2.24, 2.45) is 0 Å². The Morgan fingerprint density at radius 1 is 1.30 bits per heavy atom. The summed E-state index contributed by atoms with van der Waals surface area (Å²) in [7, 11) is 0. The Morgan fingerprint density at radius 3 is 3.20 bits per heavy atom. The zero-order chi connectivity index (χ0) is 13.4. The van der Waals surface area contributed by atoms with Gasteiger partial charge in [-0.15, -0.1) is 0 Å². The Morgan fingerprint density at radius 2 is 2.30 bits per heavy atom. The predicted molar refractivity (Wildman–Crippen MR) is 74.7 cm³/mol. The fourth-order valence-corrected chi connectivity index (χ4v) is 2.89. The van der Waals surface area contributed by atoms with Crippen molar-refractivity contribution in [2.75, 3.05) is 25.1 Å². The van der Waals surface area contributed by atoms with Crippen LogP contribution in [-0.4, -0.2) is 29.9 Å². The van der Waals surface area contributed by atoms with Gasteiger partial charge in [0.15, 0.2) is 5.82 Å². The van der Waals surface area contributed by atoms with Crippen molar-refractivity contribution < 1.29 is 9.26 Å². The smallest absolute Gasteiger partial charge is 0.258 e. The molecule has 1 saturated heterocycles. The summed E-state index contributed by atoms with van der Waals surface area (Å²) in [4.78, 5) is 4.54. The van der Waals surface area contributed by atoms with Gasteiger partial charge in [-0.2, -0.15) is 4.98 Å². The molecule has 2 aromatic rings. The summed E-state index contributed by atoms with van der Waals surface area (Å²) in [6, 6.07) is 6.29. The minimum atomic E-state index is 0.272. The minimum absolute atomic E-state index is 0.272. The Hall–Kier alpha value is -1.88. The van der Waals surface area contributed by atoms with Crippen LogP contribution in [0.4, 0.5) is 5.69 Å². The molecule has 2 aliphatic heterocycles. The number of fused-ring (bicyclic) bond motifs is 1. The highest BCUT2D eigenvalue weighted by Crippen LogP contribution is 2.30. The van der Waals surface area contributed by atoms with Gasteiger partial charge in [0.2, 0.25) is 0 Å². The van der Waals surface area contributed by atoms with E-state index in [2.05, 4.69) is 33.7 Å². The molecule has 0 spiro atoms. The fraction of sp³-hybridized carbons (Fsp3) is 0.467. The molecular weight excluding hydrogens is 254 g/mol. The average molecular weight is 271 g/mol. The predicted octanol–water partition coefficient (Wildman–Crippen LogP) is 2.60. The van der Waals surface area contributed by atoms with Gasteiger partial charge in [0.25, 0.3) is 5.89 Å². The molecule has 0 saturated carbocycles. The molecule has 0 amide bonds. The molecule has 1 N–H and O–H groups in total. The lowest BCUT2D eigenvalue weighted by molar-refractivity contribution is 0.0773. The van der Waals surface area contributed by atoms with Crippen molar-refractivity contribution in [2.45, 2.75) is 25.2 Å². The highest BCUT2D eigenvalue weighted by molar-refractivity contribution is 5.66. The van der Waals surface area contributed by atoms with E-state index in [1.807, 2.05) is 0 Å². The monoisotopic (exact) mass is 271 g/mol. The zero-order valence-electron chi connectivity index (χ0n) is 11.3. The van der Waals surface area contributed by atoms with Crippen LogP contribution in [0.1, 0.15) is 30.1 Å². The van der Waals surface area contributed by atoms with E-state index >= 15 is 0 Å². The van der Waals surface area contributed by atoms with Gasteiger partial charge in [-0.3, -0.25) is 0 Å². The number of nitrogens with zero attached hydrogens (tertiary/aromatic N) is 2. The van der Waals surface area contributed by atoms with E-state index in [4.69, 9.17) is 9.26 Å². The van der Waals surface area contributed by atoms with E-state index in [1.54, 1.807) is 0 Å². The van der Waals surface area contributed by atoms with Crippen molar-refractivity contribution in [3.8, 4) is 11.5 Å². The van der Waals surface area contributed by atoms with E-state index < -0.39 is 0 Å². The fourth-order valence-electron chi connectivity index (χ4n) is 2.89. The molecule has 104 valence electrons. The molecular formula is C15H17N3O2. The first-order valence-electron chi connectivity index (χ1n) is 7.19. The van der Waals surface area contributed by atoms with Crippen LogP contribution in [0, 0.1) is 0 Å². The lowest BCUT2D eigenvalue weighted by Crippen LogP contribution is -2.16. The second kappa shape index (κ2) is 4.90. The summed E-state index contributed by atoms with van der Waals surface area (Å²) in [5.74, 6) is 1.64. The van der Waals surface area contributed by atoms with E-state index in [0.717, 1.165) is 43.8 Å². The maximum atomic E-state index is 5.48. The lowest BCUT2D eigenvalue weighted by Gasteiger charge is -2.18.